The Kier molecular flexibility index (Phi) is 5.25. The average molecular weight is 222 g/mol. The smallest absolute Gasteiger partial charge is 0.220 e. The van der Waals surface area contributed by atoms with Crippen molar-refractivity contribution in [3.63, 3.8) is 0 Å². The Morgan fingerprint density at radius 1 is 1.31 bits per heavy atom. The van der Waals surface area contributed by atoms with Crippen LogP contribution in [0.15, 0.2) is 12.1 Å². The van der Waals surface area contributed by atoms with Crippen LogP contribution in [-0.2, 0) is 4.79 Å². The molecular weight excluding hydrogens is 204 g/mol. The van der Waals surface area contributed by atoms with Crippen molar-refractivity contribution in [3.8, 4) is 0 Å². The number of nitrogens with one attached hydrogen (secondary N) is 2. The summed E-state index contributed by atoms with van der Waals surface area (Å²) in [6, 6.07) is 3.77. The summed E-state index contributed by atoms with van der Waals surface area (Å²) < 4.78 is 0. The number of anilines is 1. The molecular formula is C11H18N4O. The van der Waals surface area contributed by atoms with Gasteiger partial charge in [0.1, 0.15) is 5.82 Å². The van der Waals surface area contributed by atoms with Gasteiger partial charge in [-0.05, 0) is 25.5 Å². The van der Waals surface area contributed by atoms with Gasteiger partial charge in [0, 0.05) is 19.5 Å². The molecule has 0 aliphatic rings. The third-order valence-corrected chi connectivity index (χ3v) is 2.03. The summed E-state index contributed by atoms with van der Waals surface area (Å²) in [6.07, 6.45) is 1.47. The van der Waals surface area contributed by atoms with E-state index in [1.165, 1.54) is 0 Å². The Hall–Kier alpha value is -1.65. The molecule has 0 aliphatic heterocycles. The number of rotatable bonds is 6. The van der Waals surface area contributed by atoms with Crippen molar-refractivity contribution in [1.29, 1.82) is 0 Å². The number of aromatic nitrogens is 2. The number of hydrogen-bond acceptors (Lipinski definition) is 4. The molecule has 0 aliphatic carbocycles. The fourth-order valence-electron chi connectivity index (χ4n) is 1.20. The van der Waals surface area contributed by atoms with Crippen LogP contribution < -0.4 is 10.6 Å². The Balaban J connectivity index is 2.16. The minimum absolute atomic E-state index is 0.0966. The minimum atomic E-state index is 0.0966. The van der Waals surface area contributed by atoms with Gasteiger partial charge in [0.25, 0.3) is 0 Å². The third kappa shape index (κ3) is 4.72. The van der Waals surface area contributed by atoms with Crippen LogP contribution in [0.5, 0.6) is 0 Å². The summed E-state index contributed by atoms with van der Waals surface area (Å²) in [6.45, 7) is 5.14. The van der Waals surface area contributed by atoms with E-state index in [1.807, 2.05) is 26.0 Å². The van der Waals surface area contributed by atoms with Crippen molar-refractivity contribution in [1.82, 2.24) is 15.5 Å². The zero-order chi connectivity index (χ0) is 11.8. The molecule has 1 aromatic rings. The lowest BCUT2D eigenvalue weighted by molar-refractivity contribution is -0.121. The molecule has 0 atom stereocenters. The minimum Gasteiger partial charge on any atom is -0.367 e. The van der Waals surface area contributed by atoms with E-state index in [2.05, 4.69) is 20.8 Å². The number of carbonyl (C=O) groups is 1. The maximum Gasteiger partial charge on any atom is 0.220 e. The molecule has 1 heterocycles. The Morgan fingerprint density at radius 3 is 2.75 bits per heavy atom. The molecule has 16 heavy (non-hydrogen) atoms. The summed E-state index contributed by atoms with van der Waals surface area (Å²) in [4.78, 5) is 11.1. The SMILES string of the molecule is CCCC(=O)NCCNc1ccc(C)nn1. The van der Waals surface area contributed by atoms with Gasteiger partial charge in [-0.1, -0.05) is 6.92 Å². The lowest BCUT2D eigenvalue weighted by Crippen LogP contribution is -2.28. The van der Waals surface area contributed by atoms with Gasteiger partial charge in [0.2, 0.25) is 5.91 Å². The highest BCUT2D eigenvalue weighted by Crippen LogP contribution is 1.99. The number of carbonyl (C=O) groups excluding carboxylic acids is 1. The van der Waals surface area contributed by atoms with E-state index >= 15 is 0 Å². The molecule has 0 saturated carbocycles. The molecule has 0 aromatic carbocycles. The first kappa shape index (κ1) is 12.4. The summed E-state index contributed by atoms with van der Waals surface area (Å²) in [5, 5.41) is 13.8. The largest absolute Gasteiger partial charge is 0.367 e. The molecule has 1 amide bonds. The molecule has 0 spiro atoms. The first-order chi connectivity index (χ1) is 7.72. The van der Waals surface area contributed by atoms with Crippen LogP contribution >= 0.6 is 0 Å². The highest BCUT2D eigenvalue weighted by molar-refractivity contribution is 5.75. The van der Waals surface area contributed by atoms with Gasteiger partial charge in [0.15, 0.2) is 0 Å². The lowest BCUT2D eigenvalue weighted by Gasteiger charge is -2.06. The number of hydrogen-bond donors (Lipinski definition) is 2. The maximum absolute atomic E-state index is 11.1. The zero-order valence-corrected chi connectivity index (χ0v) is 9.79. The number of nitrogens with zero attached hydrogens (tertiary/aromatic N) is 2. The van der Waals surface area contributed by atoms with E-state index in [0.29, 0.717) is 19.5 Å². The van der Waals surface area contributed by atoms with E-state index in [4.69, 9.17) is 0 Å². The first-order valence-electron chi connectivity index (χ1n) is 5.53. The van der Waals surface area contributed by atoms with E-state index in [-0.39, 0.29) is 5.91 Å². The Bertz CT molecular complexity index is 323. The predicted octanol–water partition coefficient (Wildman–Crippen LogP) is 1.11. The molecule has 1 rings (SSSR count). The fraction of sp³-hybridized carbons (Fsp3) is 0.545. The lowest BCUT2D eigenvalue weighted by atomic mass is 10.3. The van der Waals surface area contributed by atoms with Crippen LogP contribution in [0, 0.1) is 6.92 Å². The van der Waals surface area contributed by atoms with Crippen LogP contribution in [0.25, 0.3) is 0 Å². The van der Waals surface area contributed by atoms with Crippen LogP contribution in [0.2, 0.25) is 0 Å². The summed E-state index contributed by atoms with van der Waals surface area (Å²) in [5.74, 6) is 0.828. The van der Waals surface area contributed by atoms with Crippen molar-refractivity contribution in [2.45, 2.75) is 26.7 Å². The highest BCUT2D eigenvalue weighted by Gasteiger charge is 1.98. The first-order valence-corrected chi connectivity index (χ1v) is 5.53. The van der Waals surface area contributed by atoms with Crippen LogP contribution in [0.1, 0.15) is 25.5 Å². The third-order valence-electron chi connectivity index (χ3n) is 2.03. The molecule has 0 fully saturated rings. The molecule has 5 heteroatoms. The highest BCUT2D eigenvalue weighted by atomic mass is 16.1. The molecule has 0 radical (unpaired) electrons. The van der Waals surface area contributed by atoms with Crippen molar-refractivity contribution >= 4 is 11.7 Å². The fourth-order valence-corrected chi connectivity index (χ4v) is 1.20. The van der Waals surface area contributed by atoms with E-state index in [9.17, 15) is 4.79 Å². The van der Waals surface area contributed by atoms with Gasteiger partial charge in [-0.2, -0.15) is 5.10 Å². The van der Waals surface area contributed by atoms with Crippen molar-refractivity contribution in [3.05, 3.63) is 17.8 Å². The van der Waals surface area contributed by atoms with Gasteiger partial charge in [-0.25, -0.2) is 0 Å². The summed E-state index contributed by atoms with van der Waals surface area (Å²) >= 11 is 0. The quantitative estimate of drug-likeness (QED) is 0.708. The Labute approximate surface area is 95.7 Å². The number of amides is 1. The maximum atomic E-state index is 11.1. The average Bonchev–Trinajstić information content (AvgIpc) is 2.27. The second-order valence-electron chi connectivity index (χ2n) is 3.59. The molecule has 2 N–H and O–H groups in total. The molecule has 5 nitrogen and oxygen atoms in total. The zero-order valence-electron chi connectivity index (χ0n) is 9.79. The monoisotopic (exact) mass is 222 g/mol. The summed E-state index contributed by atoms with van der Waals surface area (Å²) in [5.41, 5.74) is 0.891. The van der Waals surface area contributed by atoms with Crippen LogP contribution in [0.4, 0.5) is 5.82 Å². The topological polar surface area (TPSA) is 66.9 Å². The van der Waals surface area contributed by atoms with Gasteiger partial charge in [-0.3, -0.25) is 4.79 Å². The molecule has 1 aromatic heterocycles. The molecule has 88 valence electrons. The Morgan fingerprint density at radius 2 is 2.12 bits per heavy atom. The predicted molar refractivity (Wildman–Crippen MR) is 63.2 cm³/mol. The van der Waals surface area contributed by atoms with Gasteiger partial charge in [-0.15, -0.1) is 5.10 Å². The molecule has 0 bridgehead atoms. The van der Waals surface area contributed by atoms with Gasteiger partial charge >= 0.3 is 0 Å². The summed E-state index contributed by atoms with van der Waals surface area (Å²) in [7, 11) is 0. The molecule has 0 unspecified atom stereocenters. The van der Waals surface area contributed by atoms with Gasteiger partial charge in [0.05, 0.1) is 5.69 Å². The van der Waals surface area contributed by atoms with E-state index in [0.717, 1.165) is 17.9 Å². The standard InChI is InChI=1S/C11H18N4O/c1-3-4-11(16)13-8-7-12-10-6-5-9(2)14-15-10/h5-6H,3-4,7-8H2,1-2H3,(H,12,15)(H,13,16). The van der Waals surface area contributed by atoms with Gasteiger partial charge < -0.3 is 10.6 Å². The second-order valence-corrected chi connectivity index (χ2v) is 3.59. The van der Waals surface area contributed by atoms with E-state index < -0.39 is 0 Å². The second kappa shape index (κ2) is 6.76. The van der Waals surface area contributed by atoms with Crippen molar-refractivity contribution in [2.24, 2.45) is 0 Å². The van der Waals surface area contributed by atoms with Crippen LogP contribution in [-0.4, -0.2) is 29.2 Å². The van der Waals surface area contributed by atoms with Crippen molar-refractivity contribution in [2.75, 3.05) is 18.4 Å². The normalized spacial score (nSPS) is 9.88. The van der Waals surface area contributed by atoms with E-state index in [1.54, 1.807) is 0 Å². The number of aryl methyl sites for hydroxylation is 1. The molecule has 0 saturated heterocycles. The van der Waals surface area contributed by atoms with Crippen molar-refractivity contribution < 1.29 is 4.79 Å². The van der Waals surface area contributed by atoms with Crippen LogP contribution in [0.3, 0.4) is 0 Å².